The molecule has 0 radical (unpaired) electrons. The number of amides is 1. The lowest BCUT2D eigenvalue weighted by Crippen LogP contribution is -2.25. The molecule has 0 aromatic heterocycles. The Labute approximate surface area is 183 Å². The summed E-state index contributed by atoms with van der Waals surface area (Å²) in [6, 6.07) is 12.6. The maximum absolute atomic E-state index is 13.2. The van der Waals surface area contributed by atoms with Crippen LogP contribution in [0.4, 0.5) is 11.4 Å². The zero-order valence-corrected chi connectivity index (χ0v) is 17.7. The molecule has 0 fully saturated rings. The third kappa shape index (κ3) is 3.13. The predicted molar refractivity (Wildman–Crippen MR) is 116 cm³/mol. The summed E-state index contributed by atoms with van der Waals surface area (Å²) in [7, 11) is 0. The Bertz CT molecular complexity index is 1220. The molecule has 0 unspecified atom stereocenters. The minimum absolute atomic E-state index is 0.0333. The first kappa shape index (κ1) is 19.6. The quantitative estimate of drug-likeness (QED) is 0.370. The number of carbonyl (C=O) groups is 3. The van der Waals surface area contributed by atoms with Gasteiger partial charge in [0.05, 0.1) is 38.1 Å². The van der Waals surface area contributed by atoms with Gasteiger partial charge in [-0.15, -0.1) is 0 Å². The van der Waals surface area contributed by atoms with Gasteiger partial charge in [-0.3, -0.25) is 14.4 Å². The highest BCUT2D eigenvalue weighted by atomic mass is 79.9. The topological polar surface area (TPSA) is 89.3 Å². The molecule has 3 N–H and O–H groups in total. The molecule has 0 bridgehead atoms. The minimum atomic E-state index is -0.612. The molecule has 1 amide bonds. The van der Waals surface area contributed by atoms with Crippen molar-refractivity contribution in [2.45, 2.75) is 0 Å². The highest BCUT2D eigenvalue weighted by Crippen LogP contribution is 2.39. The van der Waals surface area contributed by atoms with E-state index in [4.69, 9.17) is 28.9 Å². The first-order chi connectivity index (χ1) is 13.8. The van der Waals surface area contributed by atoms with E-state index in [1.54, 1.807) is 30.3 Å². The fraction of sp³-hybridized carbons (Fsp3) is 0. The number of hydrogen-bond acceptors (Lipinski definition) is 4. The number of anilines is 2. The summed E-state index contributed by atoms with van der Waals surface area (Å²) in [6.07, 6.45) is 0. The second-order valence-corrected chi connectivity index (χ2v) is 7.99. The van der Waals surface area contributed by atoms with Crippen molar-refractivity contribution in [1.82, 2.24) is 0 Å². The molecule has 1 aliphatic carbocycles. The molecule has 0 heterocycles. The van der Waals surface area contributed by atoms with Crippen molar-refractivity contribution in [3.63, 3.8) is 0 Å². The van der Waals surface area contributed by atoms with Gasteiger partial charge in [-0.05, 0) is 34.1 Å². The van der Waals surface area contributed by atoms with Crippen LogP contribution in [0.2, 0.25) is 10.0 Å². The van der Waals surface area contributed by atoms with E-state index in [0.29, 0.717) is 4.47 Å². The number of rotatable bonds is 2. The molecule has 8 heteroatoms. The van der Waals surface area contributed by atoms with E-state index in [2.05, 4.69) is 21.2 Å². The number of ketones is 2. The Kier molecular flexibility index (Phi) is 4.94. The van der Waals surface area contributed by atoms with Crippen LogP contribution in [0.15, 0.2) is 53.0 Å². The Morgan fingerprint density at radius 1 is 0.897 bits per heavy atom. The van der Waals surface area contributed by atoms with Crippen LogP contribution in [0.1, 0.15) is 42.2 Å². The molecule has 0 aliphatic heterocycles. The van der Waals surface area contributed by atoms with E-state index < -0.39 is 11.7 Å². The highest BCUT2D eigenvalue weighted by molar-refractivity contribution is 9.10. The molecule has 0 atom stereocenters. The number of carbonyl (C=O) groups excluding carboxylic acids is 3. The van der Waals surface area contributed by atoms with E-state index in [0.717, 1.165) is 0 Å². The molecule has 0 saturated carbocycles. The van der Waals surface area contributed by atoms with Gasteiger partial charge >= 0.3 is 0 Å². The van der Waals surface area contributed by atoms with Crippen molar-refractivity contribution in [1.29, 1.82) is 0 Å². The summed E-state index contributed by atoms with van der Waals surface area (Å²) < 4.78 is 0.373. The van der Waals surface area contributed by atoms with Crippen LogP contribution < -0.4 is 11.1 Å². The summed E-state index contributed by atoms with van der Waals surface area (Å²) in [5.41, 5.74) is 7.01. The molecule has 3 aromatic rings. The monoisotopic (exact) mass is 488 g/mol. The Balaban J connectivity index is 1.89. The van der Waals surface area contributed by atoms with Crippen LogP contribution in [0.25, 0.3) is 0 Å². The summed E-state index contributed by atoms with van der Waals surface area (Å²) in [4.78, 5) is 39.0. The van der Waals surface area contributed by atoms with Gasteiger partial charge in [-0.2, -0.15) is 0 Å². The molecule has 144 valence electrons. The third-order valence-electron chi connectivity index (χ3n) is 4.63. The molecule has 29 heavy (non-hydrogen) atoms. The summed E-state index contributed by atoms with van der Waals surface area (Å²) in [6.45, 7) is 0. The first-order valence-corrected chi connectivity index (χ1v) is 9.92. The van der Waals surface area contributed by atoms with Gasteiger partial charge in [0.25, 0.3) is 5.91 Å². The Morgan fingerprint density at radius 2 is 1.45 bits per heavy atom. The van der Waals surface area contributed by atoms with Crippen molar-refractivity contribution in [2.75, 3.05) is 11.1 Å². The van der Waals surface area contributed by atoms with Crippen LogP contribution in [0, 0.1) is 0 Å². The van der Waals surface area contributed by atoms with Gasteiger partial charge in [-0.1, -0.05) is 53.5 Å². The molecular weight excluding hydrogens is 479 g/mol. The van der Waals surface area contributed by atoms with Crippen molar-refractivity contribution >= 4 is 68.0 Å². The third-order valence-corrected chi connectivity index (χ3v) is 5.91. The number of nitrogens with two attached hydrogens (primary N) is 1. The van der Waals surface area contributed by atoms with Gasteiger partial charge in [-0.25, -0.2) is 0 Å². The number of hydrogen-bond donors (Lipinski definition) is 2. The lowest BCUT2D eigenvalue weighted by atomic mass is 9.82. The molecule has 1 aliphatic rings. The molecule has 4 rings (SSSR count). The van der Waals surface area contributed by atoms with Crippen molar-refractivity contribution in [2.24, 2.45) is 0 Å². The minimum Gasteiger partial charge on any atom is -0.397 e. The number of fused-ring (bicyclic) bond motifs is 2. The van der Waals surface area contributed by atoms with Crippen LogP contribution in [-0.4, -0.2) is 17.5 Å². The molecule has 3 aromatic carbocycles. The summed E-state index contributed by atoms with van der Waals surface area (Å²) in [5, 5.41) is 2.97. The zero-order valence-electron chi connectivity index (χ0n) is 14.6. The van der Waals surface area contributed by atoms with Crippen molar-refractivity contribution in [3.8, 4) is 0 Å². The molecule has 5 nitrogen and oxygen atoms in total. The van der Waals surface area contributed by atoms with Crippen molar-refractivity contribution < 1.29 is 14.4 Å². The smallest absolute Gasteiger partial charge is 0.258 e. The maximum atomic E-state index is 13.2. The van der Waals surface area contributed by atoms with Crippen LogP contribution in [0.5, 0.6) is 0 Å². The van der Waals surface area contributed by atoms with E-state index >= 15 is 0 Å². The average molecular weight is 490 g/mol. The van der Waals surface area contributed by atoms with E-state index in [1.807, 2.05) is 0 Å². The average Bonchev–Trinajstić information content (AvgIpc) is 2.68. The van der Waals surface area contributed by atoms with E-state index in [9.17, 15) is 14.4 Å². The number of halogens is 3. The van der Waals surface area contributed by atoms with E-state index in [-0.39, 0.29) is 55.0 Å². The second kappa shape index (κ2) is 7.30. The number of nitrogen functional groups attached to an aromatic ring is 1. The van der Waals surface area contributed by atoms with Crippen molar-refractivity contribution in [3.05, 3.63) is 90.9 Å². The fourth-order valence-electron chi connectivity index (χ4n) is 3.28. The molecule has 0 saturated heterocycles. The lowest BCUT2D eigenvalue weighted by Gasteiger charge is -2.23. The summed E-state index contributed by atoms with van der Waals surface area (Å²) in [5.74, 6) is -1.41. The van der Waals surface area contributed by atoms with Gasteiger partial charge in [0.15, 0.2) is 11.6 Å². The Morgan fingerprint density at radius 3 is 2.03 bits per heavy atom. The lowest BCUT2D eigenvalue weighted by molar-refractivity contribution is 0.0979. The summed E-state index contributed by atoms with van der Waals surface area (Å²) >= 11 is 15.5. The second-order valence-electron chi connectivity index (χ2n) is 6.32. The van der Waals surface area contributed by atoms with Gasteiger partial charge in [0.2, 0.25) is 0 Å². The van der Waals surface area contributed by atoms with Crippen LogP contribution >= 0.6 is 39.1 Å². The zero-order chi connectivity index (χ0) is 20.9. The maximum Gasteiger partial charge on any atom is 0.258 e. The Hall–Kier alpha value is -2.67. The number of nitrogens with one attached hydrogen (secondary N) is 1. The van der Waals surface area contributed by atoms with Gasteiger partial charge in [0, 0.05) is 15.6 Å². The standard InChI is InChI=1S/C21H11BrCl2N2O3/c22-11-8-14(26-21(29)15-12(23)6-3-7-13(15)24)16-17(18(11)25)20(28)10-5-2-1-4-9(10)19(16)27/h1-8H,25H2,(H,26,29). The van der Waals surface area contributed by atoms with Crippen LogP contribution in [-0.2, 0) is 0 Å². The largest absolute Gasteiger partial charge is 0.397 e. The fourth-order valence-corrected chi connectivity index (χ4v) is 4.28. The normalized spacial score (nSPS) is 12.4. The van der Waals surface area contributed by atoms with Gasteiger partial charge in [0.1, 0.15) is 0 Å². The SMILES string of the molecule is Nc1c(Br)cc(NC(=O)c2c(Cl)cccc2Cl)c2c1C(=O)c1ccccc1C2=O. The number of benzene rings is 3. The molecular formula is C21H11BrCl2N2O3. The van der Waals surface area contributed by atoms with Crippen LogP contribution in [0.3, 0.4) is 0 Å². The first-order valence-electron chi connectivity index (χ1n) is 8.37. The molecule has 0 spiro atoms. The van der Waals surface area contributed by atoms with Gasteiger partial charge < -0.3 is 11.1 Å². The predicted octanol–water partition coefficient (Wildman–Crippen LogP) is 5.37. The highest BCUT2D eigenvalue weighted by Gasteiger charge is 2.35. The van der Waals surface area contributed by atoms with E-state index in [1.165, 1.54) is 18.2 Å².